The van der Waals surface area contributed by atoms with Gasteiger partial charge in [-0.1, -0.05) is 6.07 Å². The summed E-state index contributed by atoms with van der Waals surface area (Å²) in [4.78, 5) is 11.4. The molecule has 1 amide bonds. The lowest BCUT2D eigenvalue weighted by atomic mass is 10.1. The van der Waals surface area contributed by atoms with E-state index in [1.54, 1.807) is 19.1 Å². The second-order valence-electron chi connectivity index (χ2n) is 4.15. The Kier molecular flexibility index (Phi) is 5.08. The van der Waals surface area contributed by atoms with Gasteiger partial charge in [0.1, 0.15) is 5.82 Å². The van der Waals surface area contributed by atoms with Crippen molar-refractivity contribution in [2.24, 2.45) is 5.73 Å². The number of hydrogen-bond donors (Lipinski definition) is 2. The first-order valence-electron chi connectivity index (χ1n) is 5.40. The summed E-state index contributed by atoms with van der Waals surface area (Å²) in [6.07, 6.45) is 0.636. The van der Waals surface area contributed by atoms with Crippen LogP contribution < -0.4 is 11.1 Å². The molecule has 0 bridgehead atoms. The monoisotopic (exact) mass is 302 g/mol. The molecule has 0 aliphatic rings. The number of benzene rings is 1. The second-order valence-corrected chi connectivity index (χ2v) is 5.01. The fourth-order valence-corrected chi connectivity index (χ4v) is 1.87. The molecule has 0 radical (unpaired) electrons. The van der Waals surface area contributed by atoms with Crippen LogP contribution in [-0.4, -0.2) is 18.0 Å². The quantitative estimate of drug-likeness (QED) is 0.893. The summed E-state index contributed by atoms with van der Waals surface area (Å²) < 4.78 is 13.5. The van der Waals surface area contributed by atoms with Crippen LogP contribution in [0.2, 0.25) is 0 Å². The van der Waals surface area contributed by atoms with Gasteiger partial charge in [0.15, 0.2) is 0 Å². The number of nitrogens with one attached hydrogen (secondary N) is 1. The van der Waals surface area contributed by atoms with Crippen molar-refractivity contribution in [1.82, 2.24) is 5.32 Å². The van der Waals surface area contributed by atoms with Gasteiger partial charge in [-0.05, 0) is 53.9 Å². The predicted octanol–water partition coefficient (Wildman–Crippen LogP) is 1.98. The number of carbonyl (C=O) groups is 1. The van der Waals surface area contributed by atoms with Crippen LogP contribution in [0.4, 0.5) is 4.39 Å². The van der Waals surface area contributed by atoms with Gasteiger partial charge in [0.25, 0.3) is 0 Å². The first-order chi connectivity index (χ1) is 7.90. The summed E-state index contributed by atoms with van der Waals surface area (Å²) in [7, 11) is 0. The fourth-order valence-electron chi connectivity index (χ4n) is 1.45. The zero-order valence-corrected chi connectivity index (χ0v) is 11.4. The average molecular weight is 303 g/mol. The summed E-state index contributed by atoms with van der Waals surface area (Å²) in [5.74, 6) is -0.473. The maximum atomic E-state index is 13.0. The molecule has 0 aliphatic carbocycles. The van der Waals surface area contributed by atoms with Crippen LogP contribution in [-0.2, 0) is 11.2 Å². The molecule has 0 saturated carbocycles. The highest BCUT2D eigenvalue weighted by molar-refractivity contribution is 9.10. The SMILES string of the molecule is CC(Cc1ccc(F)c(Br)c1)NC(=O)[C@@H](C)N. The first kappa shape index (κ1) is 14.1. The van der Waals surface area contributed by atoms with Gasteiger partial charge in [0.2, 0.25) is 5.91 Å². The Balaban J connectivity index is 2.59. The standard InChI is InChI=1S/C12H16BrFN2O/c1-7(16-12(17)8(2)15)5-9-3-4-11(14)10(13)6-9/h3-4,6-8H,5,15H2,1-2H3,(H,16,17)/t7?,8-/m1/s1. The van der Waals surface area contributed by atoms with Crippen molar-refractivity contribution in [3.63, 3.8) is 0 Å². The molecule has 0 saturated heterocycles. The second kappa shape index (κ2) is 6.12. The molecule has 3 nitrogen and oxygen atoms in total. The molecule has 0 spiro atoms. The van der Waals surface area contributed by atoms with E-state index >= 15 is 0 Å². The van der Waals surface area contributed by atoms with Gasteiger partial charge in [0.05, 0.1) is 10.5 Å². The zero-order chi connectivity index (χ0) is 13.0. The lowest BCUT2D eigenvalue weighted by molar-refractivity contribution is -0.122. The smallest absolute Gasteiger partial charge is 0.236 e. The zero-order valence-electron chi connectivity index (χ0n) is 9.84. The van der Waals surface area contributed by atoms with Gasteiger partial charge < -0.3 is 11.1 Å². The third-order valence-corrected chi connectivity index (χ3v) is 2.94. The Morgan fingerprint density at radius 1 is 1.53 bits per heavy atom. The highest BCUT2D eigenvalue weighted by Crippen LogP contribution is 2.17. The van der Waals surface area contributed by atoms with Crippen molar-refractivity contribution >= 4 is 21.8 Å². The van der Waals surface area contributed by atoms with Gasteiger partial charge in [-0.2, -0.15) is 0 Å². The van der Waals surface area contributed by atoms with E-state index in [0.717, 1.165) is 5.56 Å². The minimum absolute atomic E-state index is 0.0362. The highest BCUT2D eigenvalue weighted by atomic mass is 79.9. The van der Waals surface area contributed by atoms with E-state index in [0.29, 0.717) is 10.9 Å². The van der Waals surface area contributed by atoms with Crippen molar-refractivity contribution in [2.45, 2.75) is 32.4 Å². The Bertz CT molecular complexity index is 409. The number of carbonyl (C=O) groups excluding carboxylic acids is 1. The van der Waals surface area contributed by atoms with E-state index in [9.17, 15) is 9.18 Å². The fraction of sp³-hybridized carbons (Fsp3) is 0.417. The van der Waals surface area contributed by atoms with E-state index in [2.05, 4.69) is 21.2 Å². The van der Waals surface area contributed by atoms with Crippen LogP contribution in [0.1, 0.15) is 19.4 Å². The summed E-state index contributed by atoms with van der Waals surface area (Å²) in [6.45, 7) is 3.52. The van der Waals surface area contributed by atoms with Crippen LogP contribution in [0, 0.1) is 5.82 Å². The Hall–Kier alpha value is -0.940. The first-order valence-corrected chi connectivity index (χ1v) is 6.19. The molecule has 0 fully saturated rings. The molecule has 1 aromatic rings. The van der Waals surface area contributed by atoms with E-state index < -0.39 is 6.04 Å². The Labute approximate surface area is 109 Å². The molecule has 0 aromatic heterocycles. The van der Waals surface area contributed by atoms with Crippen LogP contribution in [0.5, 0.6) is 0 Å². The Morgan fingerprint density at radius 2 is 2.18 bits per heavy atom. The average Bonchev–Trinajstić information content (AvgIpc) is 2.23. The number of amides is 1. The third kappa shape index (κ3) is 4.44. The summed E-state index contributed by atoms with van der Waals surface area (Å²) in [5.41, 5.74) is 6.41. The molecule has 17 heavy (non-hydrogen) atoms. The van der Waals surface area contributed by atoms with Gasteiger partial charge in [0, 0.05) is 6.04 Å². The van der Waals surface area contributed by atoms with Gasteiger partial charge in [-0.3, -0.25) is 4.79 Å². The number of halogens is 2. The van der Waals surface area contributed by atoms with Gasteiger partial charge >= 0.3 is 0 Å². The van der Waals surface area contributed by atoms with Crippen LogP contribution in [0.15, 0.2) is 22.7 Å². The normalized spacial score (nSPS) is 14.2. The molecule has 94 valence electrons. The molecule has 0 aliphatic heterocycles. The maximum Gasteiger partial charge on any atom is 0.236 e. The van der Waals surface area contributed by atoms with Crippen LogP contribution >= 0.6 is 15.9 Å². The van der Waals surface area contributed by atoms with Crippen molar-refractivity contribution < 1.29 is 9.18 Å². The minimum atomic E-state index is -0.516. The molecular weight excluding hydrogens is 287 g/mol. The molecule has 5 heteroatoms. The Morgan fingerprint density at radius 3 is 2.71 bits per heavy atom. The topological polar surface area (TPSA) is 55.1 Å². The minimum Gasteiger partial charge on any atom is -0.352 e. The largest absolute Gasteiger partial charge is 0.352 e. The molecule has 2 atom stereocenters. The lowest BCUT2D eigenvalue weighted by Gasteiger charge is -2.15. The number of nitrogens with two attached hydrogens (primary N) is 1. The summed E-state index contributed by atoms with van der Waals surface area (Å²) in [5, 5.41) is 2.79. The van der Waals surface area contributed by atoms with E-state index in [-0.39, 0.29) is 17.8 Å². The summed E-state index contributed by atoms with van der Waals surface area (Å²) >= 11 is 3.13. The van der Waals surface area contributed by atoms with E-state index in [1.165, 1.54) is 6.07 Å². The van der Waals surface area contributed by atoms with Crippen molar-refractivity contribution in [3.05, 3.63) is 34.1 Å². The van der Waals surface area contributed by atoms with Crippen LogP contribution in [0.25, 0.3) is 0 Å². The number of hydrogen-bond acceptors (Lipinski definition) is 2. The third-order valence-electron chi connectivity index (χ3n) is 2.33. The van der Waals surface area contributed by atoms with Crippen molar-refractivity contribution in [3.8, 4) is 0 Å². The van der Waals surface area contributed by atoms with Gasteiger partial charge in [-0.15, -0.1) is 0 Å². The van der Waals surface area contributed by atoms with Crippen molar-refractivity contribution in [1.29, 1.82) is 0 Å². The molecular formula is C12H16BrFN2O. The van der Waals surface area contributed by atoms with E-state index in [1.807, 2.05) is 6.92 Å². The van der Waals surface area contributed by atoms with Crippen LogP contribution in [0.3, 0.4) is 0 Å². The molecule has 1 unspecified atom stereocenters. The molecule has 3 N–H and O–H groups in total. The number of rotatable bonds is 4. The molecule has 0 heterocycles. The highest BCUT2D eigenvalue weighted by Gasteiger charge is 2.12. The predicted molar refractivity (Wildman–Crippen MR) is 69.1 cm³/mol. The van der Waals surface area contributed by atoms with Gasteiger partial charge in [-0.25, -0.2) is 4.39 Å². The summed E-state index contributed by atoms with van der Waals surface area (Å²) in [6, 6.07) is 4.26. The maximum absolute atomic E-state index is 13.0. The molecule has 1 rings (SSSR count). The van der Waals surface area contributed by atoms with E-state index in [4.69, 9.17) is 5.73 Å². The lowest BCUT2D eigenvalue weighted by Crippen LogP contribution is -2.43. The van der Waals surface area contributed by atoms with Crippen molar-refractivity contribution in [2.75, 3.05) is 0 Å². The molecule has 1 aromatic carbocycles.